The molecule has 1 unspecified atom stereocenters. The lowest BCUT2D eigenvalue weighted by atomic mass is 9.97. The molecule has 2 nitrogen and oxygen atoms in total. The number of nitrogens with zero attached hydrogens (tertiary/aromatic N) is 1. The highest BCUT2D eigenvalue weighted by molar-refractivity contribution is 6.83. The van der Waals surface area contributed by atoms with Crippen molar-refractivity contribution in [3.63, 3.8) is 0 Å². The smallest absolute Gasteiger partial charge is 0.146 e. The van der Waals surface area contributed by atoms with E-state index in [1.165, 1.54) is 0 Å². The summed E-state index contributed by atoms with van der Waals surface area (Å²) < 4.78 is 13.5. The highest BCUT2D eigenvalue weighted by Gasteiger charge is 2.20. The van der Waals surface area contributed by atoms with Crippen LogP contribution in [0.3, 0.4) is 0 Å². The molecule has 0 bridgehead atoms. The lowest BCUT2D eigenvalue weighted by Crippen LogP contribution is -2.20. The highest BCUT2D eigenvalue weighted by Crippen LogP contribution is 2.19. The molecular formula is C13H20FNOSi. The lowest BCUT2D eigenvalue weighted by molar-refractivity contribution is 0.156. The molecule has 4 heteroatoms. The third-order valence-electron chi connectivity index (χ3n) is 2.21. The zero-order valence-electron chi connectivity index (χ0n) is 11.0. The number of halogens is 1. The van der Waals surface area contributed by atoms with Crippen molar-refractivity contribution in [2.45, 2.75) is 45.6 Å². The summed E-state index contributed by atoms with van der Waals surface area (Å²) in [5.41, 5.74) is 4.63. The first-order chi connectivity index (χ1) is 7.92. The van der Waals surface area contributed by atoms with Gasteiger partial charge in [0, 0.05) is 5.57 Å². The van der Waals surface area contributed by atoms with Crippen molar-refractivity contribution >= 4 is 13.8 Å². The molecule has 1 rings (SSSR count). The standard InChI is InChI=1S/C13H20FNOSi/c1-5-16-15-13-10-11(6-7-12(13)14)8-9-17(2,3)4/h10,12H,5-7H2,1-4H3/b15-13-. The average Bonchev–Trinajstić information content (AvgIpc) is 2.25. The van der Waals surface area contributed by atoms with E-state index < -0.39 is 14.2 Å². The first-order valence-electron chi connectivity index (χ1n) is 6.00. The van der Waals surface area contributed by atoms with Crippen LogP contribution in [-0.2, 0) is 4.84 Å². The Morgan fingerprint density at radius 2 is 2.24 bits per heavy atom. The minimum absolute atomic E-state index is 0.373. The summed E-state index contributed by atoms with van der Waals surface area (Å²) in [6, 6.07) is 0. The van der Waals surface area contributed by atoms with E-state index in [0.29, 0.717) is 25.2 Å². The second-order valence-electron chi connectivity index (χ2n) is 5.11. The van der Waals surface area contributed by atoms with Gasteiger partial charge in [0.15, 0.2) is 0 Å². The molecule has 0 aromatic heterocycles. The van der Waals surface area contributed by atoms with Gasteiger partial charge in [-0.25, -0.2) is 4.39 Å². The maximum Gasteiger partial charge on any atom is 0.146 e. The second-order valence-corrected chi connectivity index (χ2v) is 9.86. The van der Waals surface area contributed by atoms with Crippen molar-refractivity contribution in [1.29, 1.82) is 0 Å². The summed E-state index contributed by atoms with van der Waals surface area (Å²) >= 11 is 0. The minimum atomic E-state index is -1.37. The van der Waals surface area contributed by atoms with Gasteiger partial charge >= 0.3 is 0 Å². The molecule has 1 atom stereocenters. The summed E-state index contributed by atoms with van der Waals surface area (Å²) in [5, 5.41) is 3.79. The zero-order chi connectivity index (χ0) is 12.9. The average molecular weight is 253 g/mol. The number of oxime groups is 1. The third-order valence-corrected chi connectivity index (χ3v) is 3.08. The van der Waals surface area contributed by atoms with E-state index in [-0.39, 0.29) is 0 Å². The van der Waals surface area contributed by atoms with Gasteiger partial charge in [-0.3, -0.25) is 0 Å². The fourth-order valence-corrected chi connectivity index (χ4v) is 1.90. The van der Waals surface area contributed by atoms with Crippen LogP contribution in [0.15, 0.2) is 16.8 Å². The van der Waals surface area contributed by atoms with Crippen LogP contribution >= 0.6 is 0 Å². The van der Waals surface area contributed by atoms with Gasteiger partial charge in [0.05, 0.1) is 0 Å². The zero-order valence-corrected chi connectivity index (χ0v) is 12.0. The van der Waals surface area contributed by atoms with Gasteiger partial charge in [0.25, 0.3) is 0 Å². The summed E-state index contributed by atoms with van der Waals surface area (Å²) in [5.74, 6) is 3.16. The molecule has 0 fully saturated rings. The van der Waals surface area contributed by atoms with Crippen molar-refractivity contribution < 1.29 is 9.23 Å². The van der Waals surface area contributed by atoms with Crippen LogP contribution in [0.4, 0.5) is 4.39 Å². The summed E-state index contributed by atoms with van der Waals surface area (Å²) in [7, 11) is -1.37. The fraction of sp³-hybridized carbons (Fsp3) is 0.615. The monoisotopic (exact) mass is 253 g/mol. The van der Waals surface area contributed by atoms with Gasteiger partial charge < -0.3 is 4.84 Å². The molecule has 1 aliphatic carbocycles. The molecule has 0 N–H and O–H groups in total. The lowest BCUT2D eigenvalue weighted by Gasteiger charge is -2.14. The van der Waals surface area contributed by atoms with Gasteiger partial charge in [-0.05, 0) is 25.8 Å². The summed E-state index contributed by atoms with van der Waals surface area (Å²) in [4.78, 5) is 4.90. The predicted molar refractivity (Wildman–Crippen MR) is 72.4 cm³/mol. The van der Waals surface area contributed by atoms with Gasteiger partial charge in [-0.2, -0.15) is 0 Å². The Balaban J connectivity index is 2.83. The van der Waals surface area contributed by atoms with Gasteiger partial charge in [-0.15, -0.1) is 5.54 Å². The van der Waals surface area contributed by atoms with E-state index in [2.05, 4.69) is 36.3 Å². The molecule has 0 aromatic rings. The van der Waals surface area contributed by atoms with Gasteiger partial charge in [0.2, 0.25) is 0 Å². The quantitative estimate of drug-likeness (QED) is 0.420. The molecule has 0 saturated heterocycles. The number of alkyl halides is 1. The molecule has 94 valence electrons. The van der Waals surface area contributed by atoms with E-state index in [4.69, 9.17) is 4.84 Å². The minimum Gasteiger partial charge on any atom is -0.396 e. The Hall–Kier alpha value is -1.08. The third kappa shape index (κ3) is 5.18. The Morgan fingerprint density at radius 1 is 1.53 bits per heavy atom. The van der Waals surface area contributed by atoms with Crippen molar-refractivity contribution in [3.05, 3.63) is 11.6 Å². The van der Waals surface area contributed by atoms with Gasteiger partial charge in [-0.1, -0.05) is 30.7 Å². The largest absolute Gasteiger partial charge is 0.396 e. The SMILES string of the molecule is CCO/N=C1/C=C(C#C[Si](C)(C)C)CCC1F. The molecule has 0 aromatic carbocycles. The Kier molecular flexibility index (Phi) is 4.95. The number of rotatable bonds is 2. The normalized spacial score (nSPS) is 22.8. The fourth-order valence-electron chi connectivity index (χ4n) is 1.36. The van der Waals surface area contributed by atoms with E-state index in [1.54, 1.807) is 6.08 Å². The van der Waals surface area contributed by atoms with Crippen LogP contribution in [0.2, 0.25) is 19.6 Å². The Labute approximate surface area is 104 Å². The van der Waals surface area contributed by atoms with E-state index in [0.717, 1.165) is 5.57 Å². The molecule has 0 amide bonds. The first-order valence-corrected chi connectivity index (χ1v) is 9.50. The first kappa shape index (κ1) is 14.0. The molecule has 0 radical (unpaired) electrons. The van der Waals surface area contributed by atoms with Crippen LogP contribution in [0.25, 0.3) is 0 Å². The van der Waals surface area contributed by atoms with Crippen molar-refractivity contribution in [2.24, 2.45) is 5.16 Å². The van der Waals surface area contributed by atoms with Crippen molar-refractivity contribution in [2.75, 3.05) is 6.61 Å². The maximum atomic E-state index is 13.5. The molecule has 0 aliphatic heterocycles. The molecular weight excluding hydrogens is 233 g/mol. The van der Waals surface area contributed by atoms with Crippen LogP contribution in [0.5, 0.6) is 0 Å². The van der Waals surface area contributed by atoms with Crippen molar-refractivity contribution in [1.82, 2.24) is 0 Å². The highest BCUT2D eigenvalue weighted by atomic mass is 28.3. The van der Waals surface area contributed by atoms with Crippen LogP contribution in [0, 0.1) is 11.5 Å². The molecule has 17 heavy (non-hydrogen) atoms. The number of allylic oxidation sites excluding steroid dienone is 2. The number of hydrogen-bond donors (Lipinski definition) is 0. The van der Waals surface area contributed by atoms with Gasteiger partial charge in [0.1, 0.15) is 26.6 Å². The van der Waals surface area contributed by atoms with E-state index in [9.17, 15) is 4.39 Å². The molecule has 0 spiro atoms. The maximum absolute atomic E-state index is 13.5. The van der Waals surface area contributed by atoms with E-state index >= 15 is 0 Å². The topological polar surface area (TPSA) is 21.6 Å². The van der Waals surface area contributed by atoms with Crippen LogP contribution < -0.4 is 0 Å². The predicted octanol–water partition coefficient (Wildman–Crippen LogP) is 3.32. The second kappa shape index (κ2) is 6.01. The summed E-state index contributed by atoms with van der Waals surface area (Å²) in [6.45, 7) is 8.86. The van der Waals surface area contributed by atoms with Crippen LogP contribution in [-0.4, -0.2) is 26.6 Å². The number of hydrogen-bond acceptors (Lipinski definition) is 2. The Morgan fingerprint density at radius 3 is 2.82 bits per heavy atom. The van der Waals surface area contributed by atoms with Crippen molar-refractivity contribution in [3.8, 4) is 11.5 Å². The van der Waals surface area contributed by atoms with Crippen LogP contribution in [0.1, 0.15) is 19.8 Å². The summed E-state index contributed by atoms with van der Waals surface area (Å²) in [6.07, 6.45) is 1.87. The van der Waals surface area contributed by atoms with E-state index in [1.807, 2.05) is 6.92 Å². The Bertz CT molecular complexity index is 384. The molecule has 1 aliphatic rings. The molecule has 0 saturated carbocycles. The molecule has 0 heterocycles.